The highest BCUT2D eigenvalue weighted by atomic mass is 16.3. The van der Waals surface area contributed by atoms with Gasteiger partial charge in [-0.1, -0.05) is 26.0 Å². The summed E-state index contributed by atoms with van der Waals surface area (Å²) in [5, 5.41) is 17.0. The van der Waals surface area contributed by atoms with Crippen molar-refractivity contribution in [3.63, 3.8) is 0 Å². The van der Waals surface area contributed by atoms with Crippen LogP contribution in [-0.2, 0) is 0 Å². The molecule has 0 saturated carbocycles. The Kier molecular flexibility index (Phi) is 6.24. The van der Waals surface area contributed by atoms with Crippen LogP contribution in [0.25, 0.3) is 0 Å². The fraction of sp³-hybridized carbons (Fsp3) is 0.261. The molecule has 3 N–H and O–H groups in total. The molecular weight excluding hydrogens is 362 g/mol. The van der Waals surface area contributed by atoms with Crippen LogP contribution in [0.2, 0.25) is 0 Å². The fourth-order valence-electron chi connectivity index (χ4n) is 3.15. The molecule has 3 rings (SSSR count). The predicted molar refractivity (Wildman–Crippen MR) is 120 cm³/mol. The molecule has 3 aromatic rings. The van der Waals surface area contributed by atoms with Crippen molar-refractivity contribution in [3.8, 4) is 0 Å². The van der Waals surface area contributed by atoms with Crippen LogP contribution in [0.4, 0.5) is 28.8 Å². The average Bonchev–Trinajstić information content (AvgIpc) is 2.70. The molecule has 1 atom stereocenters. The van der Waals surface area contributed by atoms with Gasteiger partial charge in [-0.05, 0) is 73.5 Å². The number of aliphatic imine (C=N–C) groups is 1. The van der Waals surface area contributed by atoms with Gasteiger partial charge in [0.1, 0.15) is 5.82 Å². The van der Waals surface area contributed by atoms with Gasteiger partial charge in [0.15, 0.2) is 0 Å². The van der Waals surface area contributed by atoms with Crippen molar-refractivity contribution in [3.05, 3.63) is 65.4 Å². The maximum Gasteiger partial charge on any atom is 0.229 e. The van der Waals surface area contributed by atoms with Gasteiger partial charge >= 0.3 is 0 Å². The number of hydrogen-bond donors (Lipinski definition) is 3. The zero-order chi connectivity index (χ0) is 21.0. The van der Waals surface area contributed by atoms with Crippen LogP contribution < -0.4 is 10.6 Å². The molecule has 0 aliphatic heterocycles. The molecule has 0 bridgehead atoms. The monoisotopic (exact) mass is 389 g/mol. The van der Waals surface area contributed by atoms with E-state index in [1.165, 1.54) is 0 Å². The van der Waals surface area contributed by atoms with Crippen molar-refractivity contribution in [2.75, 3.05) is 10.6 Å². The summed E-state index contributed by atoms with van der Waals surface area (Å²) in [5.41, 5.74) is 5.71. The second-order valence-electron chi connectivity index (χ2n) is 7.44. The second-order valence-corrected chi connectivity index (χ2v) is 7.44. The smallest absolute Gasteiger partial charge is 0.229 e. The quantitative estimate of drug-likeness (QED) is 0.458. The average molecular weight is 390 g/mol. The van der Waals surface area contributed by atoms with Crippen molar-refractivity contribution < 1.29 is 5.11 Å². The van der Waals surface area contributed by atoms with Crippen molar-refractivity contribution in [2.45, 2.75) is 33.8 Å². The van der Waals surface area contributed by atoms with Gasteiger partial charge in [0, 0.05) is 17.6 Å². The third-order valence-corrected chi connectivity index (χ3v) is 4.74. The molecule has 0 amide bonds. The summed E-state index contributed by atoms with van der Waals surface area (Å²) in [6, 6.07) is 13.4. The Morgan fingerprint density at radius 3 is 2.24 bits per heavy atom. The van der Waals surface area contributed by atoms with E-state index < -0.39 is 6.10 Å². The Morgan fingerprint density at radius 2 is 1.66 bits per heavy atom. The highest BCUT2D eigenvalue weighted by Gasteiger charge is 2.15. The van der Waals surface area contributed by atoms with Gasteiger partial charge in [0.05, 0.1) is 11.8 Å². The molecule has 1 unspecified atom stereocenters. The minimum atomic E-state index is -0.473. The molecule has 2 aromatic carbocycles. The molecule has 0 aliphatic carbocycles. The Labute approximate surface area is 171 Å². The molecule has 0 spiro atoms. The number of anilines is 4. The molecule has 1 heterocycles. The third-order valence-electron chi connectivity index (χ3n) is 4.74. The van der Waals surface area contributed by atoms with Gasteiger partial charge in [-0.15, -0.1) is 0 Å². The fourth-order valence-corrected chi connectivity index (χ4v) is 3.15. The summed E-state index contributed by atoms with van der Waals surface area (Å²) in [6.45, 7) is 11.6. The van der Waals surface area contributed by atoms with Gasteiger partial charge in [0.2, 0.25) is 5.95 Å². The molecule has 6 nitrogen and oxygen atoms in total. The predicted octanol–water partition coefficient (Wildman–Crippen LogP) is 5.60. The molecule has 0 saturated heterocycles. The lowest BCUT2D eigenvalue weighted by molar-refractivity contribution is 0.127. The van der Waals surface area contributed by atoms with E-state index in [1.807, 2.05) is 70.2 Å². The first-order chi connectivity index (χ1) is 13.9. The van der Waals surface area contributed by atoms with Gasteiger partial charge in [0.25, 0.3) is 0 Å². The first-order valence-corrected chi connectivity index (χ1v) is 9.60. The first kappa shape index (κ1) is 20.5. The van der Waals surface area contributed by atoms with Gasteiger partial charge in [-0.25, -0.2) is 4.98 Å². The van der Waals surface area contributed by atoms with Crippen molar-refractivity contribution >= 4 is 35.5 Å². The van der Waals surface area contributed by atoms with E-state index in [2.05, 4.69) is 32.3 Å². The van der Waals surface area contributed by atoms with Crippen molar-refractivity contribution in [1.29, 1.82) is 0 Å². The number of benzene rings is 2. The summed E-state index contributed by atoms with van der Waals surface area (Å²) in [6.07, 6.45) is 1.23. The van der Waals surface area contributed by atoms with Gasteiger partial charge in [-0.3, -0.25) is 4.99 Å². The van der Waals surface area contributed by atoms with E-state index in [0.29, 0.717) is 11.8 Å². The molecule has 0 fully saturated rings. The third kappa shape index (κ3) is 4.97. The topological polar surface area (TPSA) is 82.4 Å². The van der Waals surface area contributed by atoms with Crippen LogP contribution in [0, 0.1) is 19.8 Å². The van der Waals surface area contributed by atoms with Gasteiger partial charge in [-0.2, -0.15) is 4.98 Å². The molecule has 0 radical (unpaired) electrons. The summed E-state index contributed by atoms with van der Waals surface area (Å²) >= 11 is 0. The molecular formula is C23H27N5O. The minimum absolute atomic E-state index is 0.166. The molecule has 29 heavy (non-hydrogen) atoms. The van der Waals surface area contributed by atoms with Crippen molar-refractivity contribution in [2.24, 2.45) is 10.9 Å². The Morgan fingerprint density at radius 1 is 1.00 bits per heavy atom. The largest absolute Gasteiger partial charge is 0.388 e. The SMILES string of the molecule is C=Nc1ccc(Nc2nccc(Nc3c(C)cc(C(O)C(C)C)cc3C)n2)cc1. The van der Waals surface area contributed by atoms with E-state index in [0.717, 1.165) is 33.8 Å². The van der Waals surface area contributed by atoms with E-state index in [9.17, 15) is 5.11 Å². The maximum absolute atomic E-state index is 10.4. The lowest BCUT2D eigenvalue weighted by Gasteiger charge is -2.19. The summed E-state index contributed by atoms with van der Waals surface area (Å²) in [4.78, 5) is 12.7. The van der Waals surface area contributed by atoms with E-state index >= 15 is 0 Å². The zero-order valence-corrected chi connectivity index (χ0v) is 17.3. The van der Waals surface area contributed by atoms with Crippen molar-refractivity contribution in [1.82, 2.24) is 9.97 Å². The highest BCUT2D eigenvalue weighted by molar-refractivity contribution is 5.66. The van der Waals surface area contributed by atoms with Crippen LogP contribution >= 0.6 is 0 Å². The number of aryl methyl sites for hydroxylation is 2. The van der Waals surface area contributed by atoms with Crippen LogP contribution in [0.3, 0.4) is 0 Å². The summed E-state index contributed by atoms with van der Waals surface area (Å²) in [7, 11) is 0. The number of aliphatic hydroxyl groups is 1. The summed E-state index contributed by atoms with van der Waals surface area (Å²) in [5.74, 6) is 1.35. The van der Waals surface area contributed by atoms with Crippen LogP contribution in [0.1, 0.15) is 36.6 Å². The standard InChI is InChI=1S/C23H27N5O/c1-14(2)22(29)17-12-15(3)21(16(4)13-17)27-20-10-11-25-23(28-20)26-19-8-6-18(24-5)7-9-19/h6-14,22,29H,5H2,1-4H3,(H2,25,26,27,28). The zero-order valence-electron chi connectivity index (χ0n) is 17.3. The number of aliphatic hydroxyl groups excluding tert-OH is 1. The number of nitrogens with one attached hydrogen (secondary N) is 2. The maximum atomic E-state index is 10.4. The van der Waals surface area contributed by atoms with Crippen LogP contribution in [0.15, 0.2) is 53.7 Å². The highest BCUT2D eigenvalue weighted by Crippen LogP contribution is 2.30. The Balaban J connectivity index is 1.80. The Hall–Kier alpha value is -3.25. The number of nitrogens with zero attached hydrogens (tertiary/aromatic N) is 3. The van der Waals surface area contributed by atoms with E-state index in [4.69, 9.17) is 0 Å². The van der Waals surface area contributed by atoms with Crippen LogP contribution in [0.5, 0.6) is 0 Å². The molecule has 150 valence electrons. The van der Waals surface area contributed by atoms with E-state index in [1.54, 1.807) is 6.20 Å². The summed E-state index contributed by atoms with van der Waals surface area (Å²) < 4.78 is 0. The number of rotatable bonds is 7. The molecule has 6 heteroatoms. The molecule has 0 aliphatic rings. The lowest BCUT2D eigenvalue weighted by atomic mass is 9.95. The van der Waals surface area contributed by atoms with Gasteiger partial charge < -0.3 is 15.7 Å². The molecule has 1 aromatic heterocycles. The lowest BCUT2D eigenvalue weighted by Crippen LogP contribution is -2.08. The first-order valence-electron chi connectivity index (χ1n) is 9.60. The Bertz CT molecular complexity index is 975. The van der Waals surface area contributed by atoms with Crippen LogP contribution in [-0.4, -0.2) is 21.8 Å². The second kappa shape index (κ2) is 8.84. The minimum Gasteiger partial charge on any atom is -0.388 e. The normalized spacial score (nSPS) is 11.9. The van der Waals surface area contributed by atoms with E-state index in [-0.39, 0.29) is 5.92 Å². The number of aromatic nitrogens is 2. The number of hydrogen-bond acceptors (Lipinski definition) is 6.